The quantitative estimate of drug-likeness (QED) is 0.639. The second-order valence-corrected chi connectivity index (χ2v) is 4.93. The number of nitrogens with one attached hydrogen (secondary N) is 2. The molecule has 0 aromatic carbocycles. The predicted octanol–water partition coefficient (Wildman–Crippen LogP) is 2.10. The average molecular weight is 267 g/mol. The fourth-order valence-corrected chi connectivity index (χ4v) is 1.58. The van der Waals surface area contributed by atoms with Crippen molar-refractivity contribution in [2.75, 3.05) is 37.4 Å². The molecule has 3 N–H and O–H groups in total. The molecule has 1 aromatic rings. The van der Waals surface area contributed by atoms with E-state index in [1.54, 1.807) is 14.0 Å². The minimum absolute atomic E-state index is 0.445. The van der Waals surface area contributed by atoms with Crippen molar-refractivity contribution in [3.8, 4) is 0 Å². The normalized spacial score (nSPS) is 13.9. The number of nitrogens with zero attached hydrogens (tertiary/aromatic N) is 1. The van der Waals surface area contributed by atoms with E-state index in [-0.39, 0.29) is 0 Å². The number of methoxy groups -OCH3 is 1. The Hall–Kier alpha value is -1.33. The highest BCUT2D eigenvalue weighted by atomic mass is 16.5. The van der Waals surface area contributed by atoms with Crippen LogP contribution in [-0.4, -0.2) is 42.5 Å². The maximum atomic E-state index is 10.1. The first kappa shape index (κ1) is 15.7. The minimum Gasteiger partial charge on any atom is -0.388 e. The zero-order valence-corrected chi connectivity index (χ0v) is 12.1. The van der Waals surface area contributed by atoms with Gasteiger partial charge in [0.25, 0.3) is 0 Å². The van der Waals surface area contributed by atoms with Crippen molar-refractivity contribution in [1.29, 1.82) is 0 Å². The molecule has 1 heterocycles. The van der Waals surface area contributed by atoms with Gasteiger partial charge in [0.2, 0.25) is 0 Å². The number of rotatable bonds is 9. The smallest absolute Gasteiger partial charge is 0.128 e. The van der Waals surface area contributed by atoms with Gasteiger partial charge in [0.1, 0.15) is 11.6 Å². The molecule has 0 radical (unpaired) electrons. The molecule has 5 heteroatoms. The molecular weight excluding hydrogens is 242 g/mol. The maximum absolute atomic E-state index is 10.1. The van der Waals surface area contributed by atoms with Crippen LogP contribution in [0.5, 0.6) is 0 Å². The fraction of sp³-hybridized carbons (Fsp3) is 0.643. The van der Waals surface area contributed by atoms with Crippen LogP contribution in [0.15, 0.2) is 18.2 Å². The standard InChI is InChI=1S/C14H25N3O2/c1-4-9-15-12-6-5-7-13(17-12)16-11-14(2,18)8-10-19-3/h5-7,18H,4,8-11H2,1-3H3,(H2,15,16,17). The minimum atomic E-state index is -0.801. The first-order valence-corrected chi connectivity index (χ1v) is 6.73. The molecule has 0 amide bonds. The van der Waals surface area contributed by atoms with Gasteiger partial charge in [-0.1, -0.05) is 13.0 Å². The number of hydrogen-bond acceptors (Lipinski definition) is 5. The van der Waals surface area contributed by atoms with Crippen molar-refractivity contribution in [3.05, 3.63) is 18.2 Å². The summed E-state index contributed by atoms with van der Waals surface area (Å²) in [6.45, 7) is 5.79. The van der Waals surface area contributed by atoms with E-state index in [1.807, 2.05) is 18.2 Å². The molecule has 1 atom stereocenters. The Balaban J connectivity index is 2.48. The van der Waals surface area contributed by atoms with E-state index < -0.39 is 5.60 Å². The second-order valence-electron chi connectivity index (χ2n) is 4.93. The highest BCUT2D eigenvalue weighted by Crippen LogP contribution is 2.13. The summed E-state index contributed by atoms with van der Waals surface area (Å²) in [5, 5.41) is 16.5. The van der Waals surface area contributed by atoms with Crippen LogP contribution in [0.1, 0.15) is 26.7 Å². The molecule has 0 aliphatic carbocycles. The van der Waals surface area contributed by atoms with E-state index in [4.69, 9.17) is 4.74 Å². The summed E-state index contributed by atoms with van der Waals surface area (Å²) in [4.78, 5) is 4.43. The molecule has 1 unspecified atom stereocenters. The first-order chi connectivity index (χ1) is 9.07. The monoisotopic (exact) mass is 267 g/mol. The average Bonchev–Trinajstić information content (AvgIpc) is 2.41. The topological polar surface area (TPSA) is 66.4 Å². The van der Waals surface area contributed by atoms with Crippen LogP contribution >= 0.6 is 0 Å². The number of aromatic nitrogens is 1. The summed E-state index contributed by atoms with van der Waals surface area (Å²) in [6, 6.07) is 5.77. The van der Waals surface area contributed by atoms with Gasteiger partial charge in [-0.15, -0.1) is 0 Å². The Morgan fingerprint density at radius 2 is 2.00 bits per heavy atom. The third-order valence-corrected chi connectivity index (χ3v) is 2.80. The number of anilines is 2. The fourth-order valence-electron chi connectivity index (χ4n) is 1.58. The van der Waals surface area contributed by atoms with Crippen molar-refractivity contribution in [1.82, 2.24) is 4.98 Å². The van der Waals surface area contributed by atoms with Crippen molar-refractivity contribution in [3.63, 3.8) is 0 Å². The molecule has 1 rings (SSSR count). The molecule has 5 nitrogen and oxygen atoms in total. The van der Waals surface area contributed by atoms with Crippen LogP contribution in [0.25, 0.3) is 0 Å². The molecular formula is C14H25N3O2. The number of aliphatic hydroxyl groups is 1. The van der Waals surface area contributed by atoms with E-state index >= 15 is 0 Å². The van der Waals surface area contributed by atoms with Gasteiger partial charge in [0.05, 0.1) is 5.60 Å². The van der Waals surface area contributed by atoms with Crippen LogP contribution in [0.2, 0.25) is 0 Å². The van der Waals surface area contributed by atoms with Crippen molar-refractivity contribution >= 4 is 11.6 Å². The van der Waals surface area contributed by atoms with Gasteiger partial charge in [-0.3, -0.25) is 0 Å². The molecule has 108 valence electrons. The van der Waals surface area contributed by atoms with E-state index in [0.29, 0.717) is 19.6 Å². The Labute approximate surface area is 115 Å². The lowest BCUT2D eigenvalue weighted by Crippen LogP contribution is -2.34. The zero-order chi connectivity index (χ0) is 14.1. The van der Waals surface area contributed by atoms with Gasteiger partial charge in [-0.25, -0.2) is 4.98 Å². The van der Waals surface area contributed by atoms with Gasteiger partial charge < -0.3 is 20.5 Å². The maximum Gasteiger partial charge on any atom is 0.128 e. The van der Waals surface area contributed by atoms with Gasteiger partial charge in [0.15, 0.2) is 0 Å². The Bertz CT molecular complexity index is 369. The molecule has 19 heavy (non-hydrogen) atoms. The van der Waals surface area contributed by atoms with Crippen molar-refractivity contribution in [2.45, 2.75) is 32.3 Å². The highest BCUT2D eigenvalue weighted by Gasteiger charge is 2.19. The summed E-state index contributed by atoms with van der Waals surface area (Å²) >= 11 is 0. The highest BCUT2D eigenvalue weighted by molar-refractivity contribution is 5.45. The van der Waals surface area contributed by atoms with Gasteiger partial charge in [-0.2, -0.15) is 0 Å². The number of pyridine rings is 1. The summed E-state index contributed by atoms with van der Waals surface area (Å²) < 4.78 is 4.98. The predicted molar refractivity (Wildman–Crippen MR) is 78.6 cm³/mol. The second kappa shape index (κ2) is 7.96. The molecule has 0 aliphatic heterocycles. The third kappa shape index (κ3) is 6.40. The van der Waals surface area contributed by atoms with Crippen LogP contribution in [0, 0.1) is 0 Å². The zero-order valence-electron chi connectivity index (χ0n) is 12.1. The summed E-state index contributed by atoms with van der Waals surface area (Å²) in [7, 11) is 1.63. The van der Waals surface area contributed by atoms with Gasteiger partial charge in [-0.05, 0) is 25.5 Å². The lowest BCUT2D eigenvalue weighted by Gasteiger charge is -2.23. The van der Waals surface area contributed by atoms with Gasteiger partial charge >= 0.3 is 0 Å². The summed E-state index contributed by atoms with van der Waals surface area (Å²) in [6.07, 6.45) is 1.65. The van der Waals surface area contributed by atoms with E-state index in [9.17, 15) is 5.11 Å². The molecule has 0 spiro atoms. The molecule has 0 fully saturated rings. The van der Waals surface area contributed by atoms with Crippen molar-refractivity contribution in [2.24, 2.45) is 0 Å². The van der Waals surface area contributed by atoms with E-state index in [1.165, 1.54) is 0 Å². The largest absolute Gasteiger partial charge is 0.388 e. The Kier molecular flexibility index (Phi) is 6.59. The summed E-state index contributed by atoms with van der Waals surface area (Å²) in [5.41, 5.74) is -0.801. The SMILES string of the molecule is CCCNc1cccc(NCC(C)(O)CCOC)n1. The molecule has 0 saturated heterocycles. The lowest BCUT2D eigenvalue weighted by atomic mass is 10.0. The van der Waals surface area contributed by atoms with E-state index in [0.717, 1.165) is 24.6 Å². The van der Waals surface area contributed by atoms with Crippen molar-refractivity contribution < 1.29 is 9.84 Å². The van der Waals surface area contributed by atoms with Gasteiger partial charge in [0, 0.05) is 33.2 Å². The Morgan fingerprint density at radius 1 is 1.32 bits per heavy atom. The first-order valence-electron chi connectivity index (χ1n) is 6.73. The number of ether oxygens (including phenoxy) is 1. The summed E-state index contributed by atoms with van der Waals surface area (Å²) in [5.74, 6) is 1.61. The van der Waals surface area contributed by atoms with Crippen LogP contribution in [0.4, 0.5) is 11.6 Å². The van der Waals surface area contributed by atoms with E-state index in [2.05, 4.69) is 22.5 Å². The van der Waals surface area contributed by atoms with Crippen LogP contribution < -0.4 is 10.6 Å². The molecule has 0 saturated carbocycles. The molecule has 0 aliphatic rings. The third-order valence-electron chi connectivity index (χ3n) is 2.80. The lowest BCUT2D eigenvalue weighted by molar-refractivity contribution is 0.0357. The molecule has 0 bridgehead atoms. The molecule has 1 aromatic heterocycles. The van der Waals surface area contributed by atoms with Crippen LogP contribution in [-0.2, 0) is 4.74 Å². The number of hydrogen-bond donors (Lipinski definition) is 3. The van der Waals surface area contributed by atoms with Crippen LogP contribution in [0.3, 0.4) is 0 Å². The Morgan fingerprint density at radius 3 is 2.63 bits per heavy atom.